The Labute approximate surface area is 90.3 Å². The summed E-state index contributed by atoms with van der Waals surface area (Å²) < 4.78 is 5.34. The lowest BCUT2D eigenvalue weighted by Crippen LogP contribution is -2.26. The largest absolute Gasteiger partial charge is 0.396 e. The van der Waals surface area contributed by atoms with Crippen LogP contribution in [0.25, 0.3) is 0 Å². The molecule has 0 amide bonds. The third kappa shape index (κ3) is 4.42. The van der Waals surface area contributed by atoms with Crippen LogP contribution in [0, 0.1) is 5.92 Å². The number of aliphatic hydroxyl groups is 2. The van der Waals surface area contributed by atoms with Crippen LogP contribution in [0.1, 0.15) is 12.5 Å². The molecule has 0 aliphatic heterocycles. The van der Waals surface area contributed by atoms with E-state index in [0.29, 0.717) is 6.61 Å². The summed E-state index contributed by atoms with van der Waals surface area (Å²) in [5, 5.41) is 18.3. The first-order valence-corrected chi connectivity index (χ1v) is 5.14. The Morgan fingerprint density at radius 2 is 1.93 bits per heavy atom. The van der Waals surface area contributed by atoms with Crippen LogP contribution >= 0.6 is 0 Å². The number of hydrogen-bond acceptors (Lipinski definition) is 3. The lowest BCUT2D eigenvalue weighted by molar-refractivity contribution is -0.0109. The van der Waals surface area contributed by atoms with Crippen molar-refractivity contribution >= 4 is 0 Å². The summed E-state index contributed by atoms with van der Waals surface area (Å²) in [6, 6.07) is 9.80. The number of aliphatic hydroxyl groups excluding tert-OH is 2. The van der Waals surface area contributed by atoms with E-state index >= 15 is 0 Å². The van der Waals surface area contributed by atoms with Crippen LogP contribution in [-0.2, 0) is 11.3 Å². The minimum Gasteiger partial charge on any atom is -0.396 e. The molecular weight excluding hydrogens is 192 g/mol. The molecule has 0 saturated heterocycles. The third-order valence-corrected chi connectivity index (χ3v) is 2.34. The van der Waals surface area contributed by atoms with Crippen molar-refractivity contribution in [2.75, 3.05) is 13.2 Å². The zero-order chi connectivity index (χ0) is 11.1. The van der Waals surface area contributed by atoms with Gasteiger partial charge in [0.1, 0.15) is 0 Å². The van der Waals surface area contributed by atoms with Gasteiger partial charge in [-0.1, -0.05) is 37.3 Å². The zero-order valence-electron chi connectivity index (χ0n) is 8.97. The second-order valence-electron chi connectivity index (χ2n) is 3.73. The molecule has 0 spiro atoms. The molecule has 0 bridgehead atoms. The van der Waals surface area contributed by atoms with E-state index in [4.69, 9.17) is 9.84 Å². The summed E-state index contributed by atoms with van der Waals surface area (Å²) in [7, 11) is 0. The predicted octanol–water partition coefficient (Wildman–Crippen LogP) is 1.19. The Bertz CT molecular complexity index is 261. The molecule has 1 rings (SSSR count). The molecule has 0 aliphatic rings. The molecule has 1 aromatic carbocycles. The number of rotatable bonds is 6. The highest BCUT2D eigenvalue weighted by Gasteiger charge is 2.12. The summed E-state index contributed by atoms with van der Waals surface area (Å²) >= 11 is 0. The Hall–Kier alpha value is -0.900. The maximum absolute atomic E-state index is 9.51. The molecule has 1 aromatic rings. The van der Waals surface area contributed by atoms with Crippen LogP contribution < -0.4 is 0 Å². The maximum Gasteiger partial charge on any atom is 0.0821 e. The quantitative estimate of drug-likeness (QED) is 0.741. The fourth-order valence-corrected chi connectivity index (χ4v) is 1.16. The molecule has 2 atom stereocenters. The van der Waals surface area contributed by atoms with Gasteiger partial charge in [0.2, 0.25) is 0 Å². The average Bonchev–Trinajstić information content (AvgIpc) is 2.29. The Balaban J connectivity index is 2.22. The zero-order valence-corrected chi connectivity index (χ0v) is 8.97. The number of benzene rings is 1. The highest BCUT2D eigenvalue weighted by atomic mass is 16.5. The van der Waals surface area contributed by atoms with Crippen LogP contribution in [0.15, 0.2) is 30.3 Å². The van der Waals surface area contributed by atoms with E-state index in [9.17, 15) is 5.11 Å². The molecule has 3 nitrogen and oxygen atoms in total. The summed E-state index contributed by atoms with van der Waals surface area (Å²) in [5.41, 5.74) is 1.08. The summed E-state index contributed by atoms with van der Waals surface area (Å²) in [5.74, 6) is -0.138. The van der Waals surface area contributed by atoms with Crippen molar-refractivity contribution in [1.29, 1.82) is 0 Å². The molecule has 2 N–H and O–H groups in total. The van der Waals surface area contributed by atoms with Gasteiger partial charge in [0.15, 0.2) is 0 Å². The van der Waals surface area contributed by atoms with E-state index in [1.165, 1.54) is 0 Å². The molecule has 0 aromatic heterocycles. The normalized spacial score (nSPS) is 14.9. The average molecular weight is 210 g/mol. The predicted molar refractivity (Wildman–Crippen MR) is 58.4 cm³/mol. The Morgan fingerprint density at radius 3 is 2.53 bits per heavy atom. The fourth-order valence-electron chi connectivity index (χ4n) is 1.16. The van der Waals surface area contributed by atoms with Crippen molar-refractivity contribution in [2.24, 2.45) is 5.92 Å². The molecule has 0 radical (unpaired) electrons. The van der Waals surface area contributed by atoms with Gasteiger partial charge < -0.3 is 14.9 Å². The molecule has 0 unspecified atom stereocenters. The van der Waals surface area contributed by atoms with E-state index in [1.807, 2.05) is 30.3 Å². The summed E-state index contributed by atoms with van der Waals surface area (Å²) in [6.45, 7) is 2.53. The summed E-state index contributed by atoms with van der Waals surface area (Å²) in [6.07, 6.45) is -0.598. The van der Waals surface area contributed by atoms with Gasteiger partial charge in [-0.05, 0) is 5.56 Å². The van der Waals surface area contributed by atoms with Crippen molar-refractivity contribution in [3.8, 4) is 0 Å². The molecule has 0 fully saturated rings. The minimum absolute atomic E-state index is 0.0180. The molecule has 0 heterocycles. The van der Waals surface area contributed by atoms with Crippen molar-refractivity contribution in [1.82, 2.24) is 0 Å². The number of ether oxygens (including phenoxy) is 1. The lowest BCUT2D eigenvalue weighted by atomic mass is 10.1. The van der Waals surface area contributed by atoms with E-state index < -0.39 is 6.10 Å². The minimum atomic E-state index is -0.598. The van der Waals surface area contributed by atoms with Crippen LogP contribution in [0.2, 0.25) is 0 Å². The van der Waals surface area contributed by atoms with Crippen LogP contribution in [0.5, 0.6) is 0 Å². The van der Waals surface area contributed by atoms with Gasteiger partial charge in [-0.15, -0.1) is 0 Å². The van der Waals surface area contributed by atoms with Crippen molar-refractivity contribution in [3.63, 3.8) is 0 Å². The van der Waals surface area contributed by atoms with Gasteiger partial charge in [0, 0.05) is 12.5 Å². The first kappa shape index (κ1) is 12.2. The van der Waals surface area contributed by atoms with Crippen molar-refractivity contribution in [2.45, 2.75) is 19.6 Å². The highest BCUT2D eigenvalue weighted by molar-refractivity contribution is 5.13. The van der Waals surface area contributed by atoms with Crippen LogP contribution in [-0.4, -0.2) is 29.5 Å². The molecule has 0 aliphatic carbocycles. The van der Waals surface area contributed by atoms with Crippen molar-refractivity contribution in [3.05, 3.63) is 35.9 Å². The van der Waals surface area contributed by atoms with Gasteiger partial charge in [-0.2, -0.15) is 0 Å². The SMILES string of the molecule is C[C@@H](CO)[C@@H](O)COCc1ccccc1. The molecular formula is C12H18O3. The number of hydrogen-bond donors (Lipinski definition) is 2. The van der Waals surface area contributed by atoms with Gasteiger partial charge in [-0.25, -0.2) is 0 Å². The molecule has 3 heteroatoms. The first-order valence-electron chi connectivity index (χ1n) is 5.14. The lowest BCUT2D eigenvalue weighted by Gasteiger charge is -2.16. The standard InChI is InChI=1S/C12H18O3/c1-10(7-13)12(14)9-15-8-11-5-3-2-4-6-11/h2-6,10,12-14H,7-9H2,1H3/t10-,12-/m0/s1. The summed E-state index contributed by atoms with van der Waals surface area (Å²) in [4.78, 5) is 0. The topological polar surface area (TPSA) is 49.7 Å². The van der Waals surface area contributed by atoms with E-state index in [1.54, 1.807) is 6.92 Å². The molecule has 0 saturated carbocycles. The Kier molecular flexibility index (Phi) is 5.32. The second-order valence-corrected chi connectivity index (χ2v) is 3.73. The van der Waals surface area contributed by atoms with Gasteiger partial charge in [-0.3, -0.25) is 0 Å². The third-order valence-electron chi connectivity index (χ3n) is 2.34. The monoisotopic (exact) mass is 210 g/mol. The Morgan fingerprint density at radius 1 is 1.27 bits per heavy atom. The van der Waals surface area contributed by atoms with Gasteiger partial charge in [0.25, 0.3) is 0 Å². The smallest absolute Gasteiger partial charge is 0.0821 e. The van der Waals surface area contributed by atoms with E-state index in [2.05, 4.69) is 0 Å². The van der Waals surface area contributed by atoms with E-state index in [-0.39, 0.29) is 19.1 Å². The van der Waals surface area contributed by atoms with Gasteiger partial charge >= 0.3 is 0 Å². The highest BCUT2D eigenvalue weighted by Crippen LogP contribution is 2.05. The van der Waals surface area contributed by atoms with E-state index in [0.717, 1.165) is 5.56 Å². The first-order chi connectivity index (χ1) is 7.24. The molecule has 15 heavy (non-hydrogen) atoms. The fraction of sp³-hybridized carbons (Fsp3) is 0.500. The van der Waals surface area contributed by atoms with Crippen LogP contribution in [0.3, 0.4) is 0 Å². The second kappa shape index (κ2) is 6.56. The molecule has 84 valence electrons. The van der Waals surface area contributed by atoms with Crippen LogP contribution in [0.4, 0.5) is 0 Å². The van der Waals surface area contributed by atoms with Gasteiger partial charge in [0.05, 0.1) is 19.3 Å². The maximum atomic E-state index is 9.51. The van der Waals surface area contributed by atoms with Crippen molar-refractivity contribution < 1.29 is 14.9 Å².